The van der Waals surface area contributed by atoms with Gasteiger partial charge in [0.05, 0.1) is 12.8 Å². The highest BCUT2D eigenvalue weighted by atomic mass is 32.1. The molecule has 0 aliphatic heterocycles. The second-order valence-electron chi connectivity index (χ2n) is 6.70. The number of H-pyrrole nitrogens is 1. The minimum Gasteiger partial charge on any atom is -0.494 e. The molecule has 1 amide bonds. The van der Waals surface area contributed by atoms with Crippen molar-refractivity contribution in [2.45, 2.75) is 39.8 Å². The predicted octanol–water partition coefficient (Wildman–Crippen LogP) is 3.11. The summed E-state index contributed by atoms with van der Waals surface area (Å²) in [6, 6.07) is 7.66. The van der Waals surface area contributed by atoms with Gasteiger partial charge >= 0.3 is 0 Å². The van der Waals surface area contributed by atoms with Gasteiger partial charge in [-0.15, -0.1) is 0 Å². The van der Waals surface area contributed by atoms with E-state index in [9.17, 15) is 4.79 Å². The number of ether oxygens (including phenoxy) is 1. The number of nitrogens with zero attached hydrogens (tertiary/aromatic N) is 4. The van der Waals surface area contributed by atoms with Crippen LogP contribution in [0.25, 0.3) is 11.4 Å². The number of carbonyl (C=O) groups excluding carboxylic acids is 1. The van der Waals surface area contributed by atoms with Crippen LogP contribution in [0, 0.1) is 11.7 Å². The van der Waals surface area contributed by atoms with E-state index in [-0.39, 0.29) is 5.91 Å². The fourth-order valence-electron chi connectivity index (χ4n) is 2.97. The molecule has 0 radical (unpaired) electrons. The average Bonchev–Trinajstić information content (AvgIpc) is 3.30. The third-order valence-electron chi connectivity index (χ3n) is 4.39. The lowest BCUT2D eigenvalue weighted by Gasteiger charge is -2.09. The van der Waals surface area contributed by atoms with E-state index in [2.05, 4.69) is 20.6 Å². The molecule has 0 aliphatic rings. The monoisotopic (exact) mass is 414 g/mol. The zero-order chi connectivity index (χ0) is 20.6. The molecule has 3 rings (SSSR count). The van der Waals surface area contributed by atoms with Crippen molar-refractivity contribution in [1.82, 2.24) is 29.9 Å². The molecule has 0 spiro atoms. The van der Waals surface area contributed by atoms with E-state index >= 15 is 0 Å². The minimum absolute atomic E-state index is 0.0117. The van der Waals surface area contributed by atoms with Crippen LogP contribution in [0.4, 0.5) is 0 Å². The summed E-state index contributed by atoms with van der Waals surface area (Å²) < 4.78 is 9.70. The van der Waals surface area contributed by atoms with Gasteiger partial charge in [0.15, 0.2) is 10.6 Å². The van der Waals surface area contributed by atoms with Crippen molar-refractivity contribution < 1.29 is 9.53 Å². The van der Waals surface area contributed by atoms with Crippen LogP contribution in [0.1, 0.15) is 25.3 Å². The summed E-state index contributed by atoms with van der Waals surface area (Å²) in [5.74, 6) is 1.50. The van der Waals surface area contributed by atoms with E-state index in [1.54, 1.807) is 0 Å². The van der Waals surface area contributed by atoms with Crippen LogP contribution < -0.4 is 10.1 Å². The van der Waals surface area contributed by atoms with E-state index < -0.39 is 0 Å². The molecule has 0 bridgehead atoms. The van der Waals surface area contributed by atoms with Crippen molar-refractivity contribution >= 4 is 18.1 Å². The van der Waals surface area contributed by atoms with E-state index in [0.29, 0.717) is 36.7 Å². The van der Waals surface area contributed by atoms with Crippen LogP contribution in [0.2, 0.25) is 0 Å². The van der Waals surface area contributed by atoms with Gasteiger partial charge in [0.1, 0.15) is 5.75 Å². The van der Waals surface area contributed by atoms with E-state index in [1.807, 2.05) is 59.8 Å². The molecular formula is C20H26N6O2S. The fraction of sp³-hybridized carbons (Fsp3) is 0.400. The van der Waals surface area contributed by atoms with Crippen molar-refractivity contribution in [2.75, 3.05) is 13.2 Å². The number of rotatable bonds is 10. The lowest BCUT2D eigenvalue weighted by Crippen LogP contribution is -2.26. The van der Waals surface area contributed by atoms with Crippen molar-refractivity contribution in [3.05, 3.63) is 47.0 Å². The molecule has 3 aromatic rings. The topological polar surface area (TPSA) is 89.8 Å². The number of hydrogen-bond acceptors (Lipinski definition) is 5. The van der Waals surface area contributed by atoms with Gasteiger partial charge in [-0.1, -0.05) is 0 Å². The number of benzene rings is 1. The molecule has 9 heteroatoms. The predicted molar refractivity (Wildman–Crippen MR) is 113 cm³/mol. The zero-order valence-corrected chi connectivity index (χ0v) is 17.5. The third kappa shape index (κ3) is 5.77. The summed E-state index contributed by atoms with van der Waals surface area (Å²) in [4.78, 5) is 12.2. The van der Waals surface area contributed by atoms with Gasteiger partial charge in [-0.3, -0.25) is 19.1 Å². The Bertz CT molecular complexity index is 989. The maximum atomic E-state index is 12.2. The normalized spacial score (nSPS) is 10.8. The molecule has 2 aromatic heterocycles. The first-order valence-electron chi connectivity index (χ1n) is 9.71. The maximum Gasteiger partial charge on any atom is 0.221 e. The van der Waals surface area contributed by atoms with Gasteiger partial charge in [-0.05, 0) is 62.3 Å². The number of carbonyl (C=O) groups is 1. The molecule has 0 unspecified atom stereocenters. The molecule has 1 aromatic carbocycles. The largest absolute Gasteiger partial charge is 0.494 e. The van der Waals surface area contributed by atoms with Crippen molar-refractivity contribution in [1.29, 1.82) is 0 Å². The number of amides is 1. The summed E-state index contributed by atoms with van der Waals surface area (Å²) >= 11 is 5.33. The Morgan fingerprint density at radius 2 is 2.07 bits per heavy atom. The molecule has 29 heavy (non-hydrogen) atoms. The van der Waals surface area contributed by atoms with Crippen LogP contribution in [0.15, 0.2) is 36.7 Å². The van der Waals surface area contributed by atoms with E-state index in [1.165, 1.54) is 0 Å². The van der Waals surface area contributed by atoms with Crippen LogP contribution in [0.5, 0.6) is 5.75 Å². The molecule has 0 aliphatic carbocycles. The van der Waals surface area contributed by atoms with Crippen molar-refractivity contribution in [2.24, 2.45) is 0 Å². The van der Waals surface area contributed by atoms with Gasteiger partial charge < -0.3 is 10.1 Å². The summed E-state index contributed by atoms with van der Waals surface area (Å²) in [6.45, 7) is 6.43. The molecule has 0 atom stereocenters. The highest BCUT2D eigenvalue weighted by molar-refractivity contribution is 7.71. The Hall–Kier alpha value is -2.94. The Balaban J connectivity index is 1.50. The first kappa shape index (κ1) is 20.8. The summed E-state index contributed by atoms with van der Waals surface area (Å²) in [5, 5.41) is 14.3. The first-order chi connectivity index (χ1) is 14.1. The number of aryl methyl sites for hydroxylation is 2. The fourth-order valence-corrected chi connectivity index (χ4v) is 3.20. The highest BCUT2D eigenvalue weighted by Crippen LogP contribution is 2.21. The number of aromatic nitrogens is 5. The van der Waals surface area contributed by atoms with Gasteiger partial charge in [-0.2, -0.15) is 10.2 Å². The molecule has 2 N–H and O–H groups in total. The lowest BCUT2D eigenvalue weighted by atomic mass is 10.2. The third-order valence-corrected chi connectivity index (χ3v) is 4.70. The lowest BCUT2D eigenvalue weighted by molar-refractivity contribution is -0.121. The van der Waals surface area contributed by atoms with Crippen LogP contribution in [0.3, 0.4) is 0 Å². The molecule has 154 valence electrons. The average molecular weight is 415 g/mol. The number of hydrogen-bond donors (Lipinski definition) is 2. The summed E-state index contributed by atoms with van der Waals surface area (Å²) in [5.41, 5.74) is 2.05. The van der Waals surface area contributed by atoms with Gasteiger partial charge in [0, 0.05) is 37.8 Å². The first-order valence-corrected chi connectivity index (χ1v) is 10.1. The Labute approximate surface area is 174 Å². The van der Waals surface area contributed by atoms with Crippen LogP contribution in [-0.4, -0.2) is 43.6 Å². The Morgan fingerprint density at radius 1 is 1.28 bits per heavy atom. The standard InChI is InChI=1S/C20H26N6O2S/c1-3-28-17-7-5-16(6-8-17)19-23-24-20(29)26(19)12-9-18(27)21-10-4-11-25-14-15(2)13-22-25/h5-8,13-14H,3-4,9-12H2,1-2H3,(H,21,27)(H,24,29). The smallest absolute Gasteiger partial charge is 0.221 e. The molecule has 0 fully saturated rings. The molecular weight excluding hydrogens is 388 g/mol. The highest BCUT2D eigenvalue weighted by Gasteiger charge is 2.11. The molecule has 0 saturated heterocycles. The van der Waals surface area contributed by atoms with E-state index in [0.717, 1.165) is 29.8 Å². The summed E-state index contributed by atoms with van der Waals surface area (Å²) in [6.07, 6.45) is 4.98. The zero-order valence-electron chi connectivity index (χ0n) is 16.7. The Morgan fingerprint density at radius 3 is 2.76 bits per heavy atom. The minimum atomic E-state index is -0.0117. The van der Waals surface area contributed by atoms with E-state index in [4.69, 9.17) is 17.0 Å². The van der Waals surface area contributed by atoms with Crippen LogP contribution in [-0.2, 0) is 17.9 Å². The van der Waals surface area contributed by atoms with Gasteiger partial charge in [-0.25, -0.2) is 0 Å². The molecule has 2 heterocycles. The maximum absolute atomic E-state index is 12.2. The summed E-state index contributed by atoms with van der Waals surface area (Å²) in [7, 11) is 0. The number of aromatic amines is 1. The second kappa shape index (κ2) is 10.0. The van der Waals surface area contributed by atoms with Gasteiger partial charge in [0.2, 0.25) is 5.91 Å². The molecule has 0 saturated carbocycles. The quantitative estimate of drug-likeness (QED) is 0.393. The van der Waals surface area contributed by atoms with Crippen molar-refractivity contribution in [3.63, 3.8) is 0 Å². The van der Waals surface area contributed by atoms with Crippen molar-refractivity contribution in [3.8, 4) is 17.1 Å². The Kier molecular flexibility index (Phi) is 7.18. The second-order valence-corrected chi connectivity index (χ2v) is 7.08. The SMILES string of the molecule is CCOc1ccc(-c2n[nH]c(=S)n2CCC(=O)NCCCn2cc(C)cn2)cc1. The van der Waals surface area contributed by atoms with Crippen LogP contribution >= 0.6 is 12.2 Å². The molecule has 8 nitrogen and oxygen atoms in total. The van der Waals surface area contributed by atoms with Gasteiger partial charge in [0.25, 0.3) is 0 Å². The number of nitrogens with one attached hydrogen (secondary N) is 2.